The van der Waals surface area contributed by atoms with E-state index >= 15 is 0 Å². The van der Waals surface area contributed by atoms with Gasteiger partial charge in [-0.05, 0) is 48.4 Å². The van der Waals surface area contributed by atoms with Crippen molar-refractivity contribution in [1.82, 2.24) is 15.2 Å². The fourth-order valence-corrected chi connectivity index (χ4v) is 6.34. The van der Waals surface area contributed by atoms with E-state index < -0.39 is 6.10 Å². The van der Waals surface area contributed by atoms with Crippen molar-refractivity contribution in [1.29, 1.82) is 0 Å². The number of hydrogen-bond acceptors (Lipinski definition) is 5. The van der Waals surface area contributed by atoms with Gasteiger partial charge in [0.2, 0.25) is 0 Å². The Kier molecular flexibility index (Phi) is 7.58. The predicted molar refractivity (Wildman–Crippen MR) is 148 cm³/mol. The highest BCUT2D eigenvalue weighted by molar-refractivity contribution is 6.01. The van der Waals surface area contributed by atoms with E-state index in [9.17, 15) is 9.59 Å². The molecule has 2 unspecified atom stereocenters. The van der Waals surface area contributed by atoms with E-state index in [-0.39, 0.29) is 24.3 Å². The molecular formula is C31H37N3O4. The summed E-state index contributed by atoms with van der Waals surface area (Å²) in [5.74, 6) is 0.391. The van der Waals surface area contributed by atoms with E-state index in [1.54, 1.807) is 0 Å². The maximum atomic E-state index is 13.6. The number of morpholine rings is 1. The van der Waals surface area contributed by atoms with Crippen molar-refractivity contribution in [3.63, 3.8) is 0 Å². The molecule has 3 aromatic rings. The molecule has 200 valence electrons. The van der Waals surface area contributed by atoms with Crippen LogP contribution >= 0.6 is 0 Å². The van der Waals surface area contributed by atoms with Gasteiger partial charge in [-0.2, -0.15) is 0 Å². The van der Waals surface area contributed by atoms with Crippen molar-refractivity contribution < 1.29 is 19.1 Å². The zero-order valence-electron chi connectivity index (χ0n) is 21.9. The zero-order chi connectivity index (χ0) is 25.9. The van der Waals surface area contributed by atoms with Gasteiger partial charge < -0.3 is 24.7 Å². The van der Waals surface area contributed by atoms with Gasteiger partial charge in [0.05, 0.1) is 31.5 Å². The summed E-state index contributed by atoms with van der Waals surface area (Å²) < 4.78 is 13.4. The summed E-state index contributed by atoms with van der Waals surface area (Å²) in [5.41, 5.74) is 5.08. The van der Waals surface area contributed by atoms with E-state index in [4.69, 9.17) is 9.47 Å². The third kappa shape index (κ3) is 5.15. The van der Waals surface area contributed by atoms with Crippen LogP contribution in [0, 0.1) is 0 Å². The van der Waals surface area contributed by atoms with Gasteiger partial charge in [-0.3, -0.25) is 9.59 Å². The smallest absolute Gasteiger partial charge is 0.251 e. The highest BCUT2D eigenvalue weighted by Crippen LogP contribution is 2.44. The van der Waals surface area contributed by atoms with Crippen LogP contribution in [0.5, 0.6) is 0 Å². The molecule has 6 rings (SSSR count). The van der Waals surface area contributed by atoms with Crippen LogP contribution in [0.2, 0.25) is 0 Å². The fraction of sp³-hybridized carbons (Fsp3) is 0.484. The number of ketones is 1. The van der Waals surface area contributed by atoms with Crippen molar-refractivity contribution in [2.45, 2.75) is 63.1 Å². The topological polar surface area (TPSA) is 81.6 Å². The van der Waals surface area contributed by atoms with Crippen LogP contribution in [-0.2, 0) is 20.8 Å². The van der Waals surface area contributed by atoms with Gasteiger partial charge >= 0.3 is 0 Å². The van der Waals surface area contributed by atoms with Gasteiger partial charge in [0.1, 0.15) is 6.10 Å². The van der Waals surface area contributed by atoms with Crippen LogP contribution in [0.1, 0.15) is 60.4 Å². The number of Topliss-reactive ketones (excluding diaryl/α,β-unsaturated/α-hetero) is 1. The van der Waals surface area contributed by atoms with E-state index in [1.807, 2.05) is 18.2 Å². The number of ether oxygens (including phenoxy) is 2. The van der Waals surface area contributed by atoms with Crippen LogP contribution in [0.4, 0.5) is 0 Å². The zero-order valence-corrected chi connectivity index (χ0v) is 21.9. The highest BCUT2D eigenvalue weighted by atomic mass is 16.5. The molecule has 1 aliphatic carbocycles. The number of carbonyl (C=O) groups excluding carboxylic acids is 2. The lowest BCUT2D eigenvalue weighted by atomic mass is 9.81. The molecule has 3 fully saturated rings. The molecule has 2 atom stereocenters. The Morgan fingerprint density at radius 3 is 2.58 bits per heavy atom. The molecule has 0 spiro atoms. The Bertz CT molecular complexity index is 1280. The molecule has 2 aromatic carbocycles. The van der Waals surface area contributed by atoms with Crippen molar-refractivity contribution in [3.8, 4) is 11.3 Å². The minimum atomic E-state index is -0.461. The molecule has 1 saturated carbocycles. The van der Waals surface area contributed by atoms with Gasteiger partial charge in [-0.25, -0.2) is 0 Å². The first kappa shape index (κ1) is 25.3. The van der Waals surface area contributed by atoms with E-state index in [1.165, 1.54) is 24.8 Å². The van der Waals surface area contributed by atoms with E-state index in [0.29, 0.717) is 37.8 Å². The average Bonchev–Trinajstić information content (AvgIpc) is 3.60. The molecule has 7 heteroatoms. The van der Waals surface area contributed by atoms with E-state index in [0.717, 1.165) is 48.0 Å². The Balaban J connectivity index is 1.48. The number of benzene rings is 2. The van der Waals surface area contributed by atoms with Gasteiger partial charge in [-0.15, -0.1) is 0 Å². The molecule has 2 saturated heterocycles. The lowest BCUT2D eigenvalue weighted by Gasteiger charge is -2.25. The first-order chi connectivity index (χ1) is 18.7. The van der Waals surface area contributed by atoms with Crippen LogP contribution in [-0.4, -0.2) is 61.3 Å². The maximum absolute atomic E-state index is 13.6. The molecule has 7 nitrogen and oxygen atoms in total. The molecule has 0 bridgehead atoms. The standard InChI is InChI=1S/C31H37N3O4/c35-27(28-18-32-14-16-38-28)19-34-26-17-23(31(36)33-24-13-15-37-20-24)11-12-25(26)29(21-7-3-1-4-8-21)30(34)22-9-5-2-6-10-22/h2,5-6,9-12,17,21,24,28,32H,1,3-4,7-8,13-16,18-20H2,(H,33,36). The number of nitrogens with zero attached hydrogens (tertiary/aromatic N) is 1. The molecule has 1 aromatic heterocycles. The van der Waals surface area contributed by atoms with Crippen LogP contribution < -0.4 is 10.6 Å². The van der Waals surface area contributed by atoms with Crippen molar-refractivity contribution in [2.75, 3.05) is 32.9 Å². The second kappa shape index (κ2) is 11.4. The van der Waals surface area contributed by atoms with Crippen molar-refractivity contribution in [2.24, 2.45) is 0 Å². The van der Waals surface area contributed by atoms with Crippen LogP contribution in [0.15, 0.2) is 48.5 Å². The molecule has 38 heavy (non-hydrogen) atoms. The second-order valence-electron chi connectivity index (χ2n) is 10.8. The minimum absolute atomic E-state index is 0.0418. The number of aromatic nitrogens is 1. The monoisotopic (exact) mass is 515 g/mol. The first-order valence-corrected chi connectivity index (χ1v) is 14.1. The number of fused-ring (bicyclic) bond motifs is 1. The largest absolute Gasteiger partial charge is 0.379 e. The Morgan fingerprint density at radius 2 is 1.84 bits per heavy atom. The SMILES string of the molecule is O=C(NC1CCOC1)c1ccc2c(C3CCCCC3)c(-c3ccccc3)n(CC(=O)C3CNCCO3)c2c1. The van der Waals surface area contributed by atoms with Crippen LogP contribution in [0.25, 0.3) is 22.2 Å². The first-order valence-electron chi connectivity index (χ1n) is 14.1. The number of hydrogen-bond donors (Lipinski definition) is 2. The fourth-order valence-electron chi connectivity index (χ4n) is 6.34. The summed E-state index contributed by atoms with van der Waals surface area (Å²) in [7, 11) is 0. The quantitative estimate of drug-likeness (QED) is 0.487. The third-order valence-electron chi connectivity index (χ3n) is 8.29. The van der Waals surface area contributed by atoms with Crippen molar-refractivity contribution in [3.05, 3.63) is 59.7 Å². The normalized spacial score (nSPS) is 22.5. The third-order valence-corrected chi connectivity index (χ3v) is 8.29. The number of nitrogens with one attached hydrogen (secondary N) is 2. The summed E-state index contributed by atoms with van der Waals surface area (Å²) >= 11 is 0. The minimum Gasteiger partial charge on any atom is -0.379 e. The molecule has 2 aliphatic heterocycles. The maximum Gasteiger partial charge on any atom is 0.251 e. The summed E-state index contributed by atoms with van der Waals surface area (Å²) in [4.78, 5) is 26.8. The Morgan fingerprint density at radius 1 is 1.00 bits per heavy atom. The lowest BCUT2D eigenvalue weighted by molar-refractivity contribution is -0.132. The molecule has 3 aliphatic rings. The number of rotatable bonds is 7. The molecule has 1 amide bonds. The number of amides is 1. The Hall–Kier alpha value is -3.00. The summed E-state index contributed by atoms with van der Waals surface area (Å²) in [6, 6.07) is 16.5. The predicted octanol–water partition coefficient (Wildman–Crippen LogP) is 4.43. The van der Waals surface area contributed by atoms with Crippen LogP contribution in [0.3, 0.4) is 0 Å². The summed E-state index contributed by atoms with van der Waals surface area (Å²) in [5, 5.41) is 7.55. The Labute approximate surface area is 223 Å². The summed E-state index contributed by atoms with van der Waals surface area (Å²) in [6.07, 6.45) is 6.37. The number of carbonyl (C=O) groups is 2. The molecule has 3 heterocycles. The highest BCUT2D eigenvalue weighted by Gasteiger charge is 2.30. The summed E-state index contributed by atoms with van der Waals surface area (Å²) in [6.45, 7) is 3.28. The van der Waals surface area contributed by atoms with Gasteiger partial charge in [0.15, 0.2) is 5.78 Å². The van der Waals surface area contributed by atoms with Gasteiger partial charge in [-0.1, -0.05) is 55.7 Å². The molecule has 0 radical (unpaired) electrons. The van der Waals surface area contributed by atoms with E-state index in [2.05, 4.69) is 45.5 Å². The van der Waals surface area contributed by atoms with Crippen molar-refractivity contribution >= 4 is 22.6 Å². The van der Waals surface area contributed by atoms with Gasteiger partial charge in [0, 0.05) is 36.2 Å². The molecular weight excluding hydrogens is 478 g/mol. The average molecular weight is 516 g/mol. The van der Waals surface area contributed by atoms with Gasteiger partial charge in [0.25, 0.3) is 5.91 Å². The second-order valence-corrected chi connectivity index (χ2v) is 10.8. The molecule has 2 N–H and O–H groups in total. The lowest BCUT2D eigenvalue weighted by Crippen LogP contribution is -2.44.